The van der Waals surface area contributed by atoms with Crippen molar-refractivity contribution >= 4 is 10.8 Å². The molecule has 32 heavy (non-hydrogen) atoms. The van der Waals surface area contributed by atoms with Crippen LogP contribution < -0.4 is 4.74 Å². The van der Waals surface area contributed by atoms with Gasteiger partial charge in [0.25, 0.3) is 0 Å². The van der Waals surface area contributed by atoms with Crippen LogP contribution in [-0.2, 0) is 6.42 Å². The van der Waals surface area contributed by atoms with E-state index in [9.17, 15) is 13.2 Å². The van der Waals surface area contributed by atoms with Gasteiger partial charge < -0.3 is 4.74 Å². The summed E-state index contributed by atoms with van der Waals surface area (Å²) in [6.07, 6.45) is 9.36. The molecule has 0 saturated carbocycles. The van der Waals surface area contributed by atoms with Crippen LogP contribution in [0.5, 0.6) is 5.75 Å². The Kier molecular flexibility index (Phi) is 7.39. The van der Waals surface area contributed by atoms with E-state index in [0.29, 0.717) is 5.92 Å². The SMILES string of the molecule is CCCCCCC[C@@H]1CCc2c(ccc3ccc(F)cc23)[C@H]1c1ccc(OC(F)F)cc1. The smallest absolute Gasteiger partial charge is 0.387 e. The minimum Gasteiger partial charge on any atom is -0.435 e. The number of unbranched alkanes of at least 4 members (excludes halogenated alkanes) is 4. The second kappa shape index (κ2) is 10.4. The number of aryl methyl sites for hydroxylation is 1. The molecule has 1 aliphatic carbocycles. The van der Waals surface area contributed by atoms with Crippen molar-refractivity contribution in [1.82, 2.24) is 0 Å². The van der Waals surface area contributed by atoms with E-state index in [-0.39, 0.29) is 17.5 Å². The molecule has 0 amide bonds. The lowest BCUT2D eigenvalue weighted by atomic mass is 9.69. The highest BCUT2D eigenvalue weighted by atomic mass is 19.3. The summed E-state index contributed by atoms with van der Waals surface area (Å²) < 4.78 is 43.8. The third kappa shape index (κ3) is 5.11. The summed E-state index contributed by atoms with van der Waals surface area (Å²) in [5.74, 6) is 0.626. The summed E-state index contributed by atoms with van der Waals surface area (Å²) in [7, 11) is 0. The summed E-state index contributed by atoms with van der Waals surface area (Å²) in [6.45, 7) is -0.601. The van der Waals surface area contributed by atoms with Gasteiger partial charge in [-0.05, 0) is 76.9 Å². The molecule has 0 saturated heterocycles. The predicted octanol–water partition coefficient (Wildman–Crippen LogP) is 8.64. The fourth-order valence-electron chi connectivity index (χ4n) is 5.32. The maximum Gasteiger partial charge on any atom is 0.387 e. The van der Waals surface area contributed by atoms with Gasteiger partial charge in [0.1, 0.15) is 11.6 Å². The Balaban J connectivity index is 1.67. The van der Waals surface area contributed by atoms with E-state index in [1.807, 2.05) is 18.2 Å². The van der Waals surface area contributed by atoms with Crippen LogP contribution in [0.4, 0.5) is 13.2 Å². The van der Waals surface area contributed by atoms with Crippen molar-refractivity contribution in [3.63, 3.8) is 0 Å². The first kappa shape index (κ1) is 22.7. The summed E-state index contributed by atoms with van der Waals surface area (Å²) in [4.78, 5) is 0. The van der Waals surface area contributed by atoms with Crippen LogP contribution in [0.3, 0.4) is 0 Å². The first-order valence-corrected chi connectivity index (χ1v) is 11.8. The maximum absolute atomic E-state index is 14.0. The molecule has 3 aromatic carbocycles. The van der Waals surface area contributed by atoms with E-state index in [4.69, 9.17) is 0 Å². The van der Waals surface area contributed by atoms with Crippen LogP contribution in [0.25, 0.3) is 10.8 Å². The molecule has 0 aliphatic heterocycles. The van der Waals surface area contributed by atoms with Gasteiger partial charge in [0.05, 0.1) is 0 Å². The summed E-state index contributed by atoms with van der Waals surface area (Å²) in [6, 6.07) is 16.4. The first-order valence-electron chi connectivity index (χ1n) is 11.8. The van der Waals surface area contributed by atoms with Gasteiger partial charge in [-0.3, -0.25) is 0 Å². The Morgan fingerprint density at radius 3 is 2.44 bits per heavy atom. The third-order valence-electron chi connectivity index (χ3n) is 6.85. The van der Waals surface area contributed by atoms with Crippen molar-refractivity contribution in [3.8, 4) is 5.75 Å². The van der Waals surface area contributed by atoms with Gasteiger partial charge in [-0.25, -0.2) is 4.39 Å². The molecule has 0 N–H and O–H groups in total. The van der Waals surface area contributed by atoms with Crippen molar-refractivity contribution in [2.45, 2.75) is 70.8 Å². The molecule has 0 bridgehead atoms. The molecule has 1 aliphatic rings. The fraction of sp³-hybridized carbons (Fsp3) is 0.429. The third-order valence-corrected chi connectivity index (χ3v) is 6.85. The molecule has 4 heteroatoms. The van der Waals surface area contributed by atoms with E-state index in [1.54, 1.807) is 18.2 Å². The monoisotopic (exact) mass is 440 g/mol. The summed E-state index contributed by atoms with van der Waals surface area (Å²) in [5.41, 5.74) is 3.58. The number of ether oxygens (including phenoxy) is 1. The molecule has 0 fully saturated rings. The van der Waals surface area contributed by atoms with Crippen molar-refractivity contribution in [3.05, 3.63) is 77.1 Å². The Bertz CT molecular complexity index is 1030. The fourth-order valence-corrected chi connectivity index (χ4v) is 5.32. The minimum atomic E-state index is -2.83. The lowest BCUT2D eigenvalue weighted by Crippen LogP contribution is -2.22. The Hall–Kier alpha value is -2.49. The van der Waals surface area contributed by atoms with Crippen molar-refractivity contribution in [2.24, 2.45) is 5.92 Å². The highest BCUT2D eigenvalue weighted by Gasteiger charge is 2.31. The molecule has 0 unspecified atom stereocenters. The van der Waals surface area contributed by atoms with E-state index in [0.717, 1.165) is 35.6 Å². The van der Waals surface area contributed by atoms with Crippen molar-refractivity contribution in [2.75, 3.05) is 0 Å². The van der Waals surface area contributed by atoms with E-state index >= 15 is 0 Å². The number of fused-ring (bicyclic) bond motifs is 3. The standard InChI is InChI=1S/C28H31F3O/c1-2-3-4-5-6-7-20-12-16-24-25(17-11-19-8-13-22(29)18-26(19)24)27(20)21-9-14-23(15-10-21)32-28(30)31/h8-11,13-15,17-18,20,27-28H,2-7,12,16H2,1H3/t20-,27-/m1/s1. The highest BCUT2D eigenvalue weighted by Crippen LogP contribution is 2.45. The molecular weight excluding hydrogens is 409 g/mol. The Morgan fingerprint density at radius 1 is 0.938 bits per heavy atom. The second-order valence-electron chi connectivity index (χ2n) is 8.93. The first-order chi connectivity index (χ1) is 15.6. The van der Waals surface area contributed by atoms with Crippen LogP contribution in [0.2, 0.25) is 0 Å². The number of benzene rings is 3. The minimum absolute atomic E-state index is 0.177. The van der Waals surface area contributed by atoms with Gasteiger partial charge in [0.2, 0.25) is 0 Å². The molecule has 170 valence electrons. The number of hydrogen-bond acceptors (Lipinski definition) is 1. The maximum atomic E-state index is 14.0. The van der Waals surface area contributed by atoms with Crippen molar-refractivity contribution in [1.29, 1.82) is 0 Å². The zero-order valence-electron chi connectivity index (χ0n) is 18.6. The van der Waals surface area contributed by atoms with Gasteiger partial charge in [-0.15, -0.1) is 0 Å². The predicted molar refractivity (Wildman–Crippen MR) is 124 cm³/mol. The summed E-state index contributed by atoms with van der Waals surface area (Å²) in [5, 5.41) is 2.05. The molecule has 2 atom stereocenters. The second-order valence-corrected chi connectivity index (χ2v) is 8.93. The molecule has 0 aromatic heterocycles. The average molecular weight is 441 g/mol. The molecule has 0 spiro atoms. The average Bonchev–Trinajstić information content (AvgIpc) is 2.78. The van der Waals surface area contributed by atoms with Crippen LogP contribution in [-0.4, -0.2) is 6.61 Å². The Morgan fingerprint density at radius 2 is 1.69 bits per heavy atom. The van der Waals surface area contributed by atoms with E-state index < -0.39 is 6.61 Å². The van der Waals surface area contributed by atoms with Crippen molar-refractivity contribution < 1.29 is 17.9 Å². The van der Waals surface area contributed by atoms with E-state index in [2.05, 4.69) is 23.8 Å². The van der Waals surface area contributed by atoms with Crippen LogP contribution in [0.1, 0.15) is 74.5 Å². The van der Waals surface area contributed by atoms with Gasteiger partial charge in [-0.2, -0.15) is 8.78 Å². The van der Waals surface area contributed by atoms with Gasteiger partial charge in [0.15, 0.2) is 0 Å². The van der Waals surface area contributed by atoms with Crippen LogP contribution >= 0.6 is 0 Å². The van der Waals surface area contributed by atoms with Gasteiger partial charge >= 0.3 is 6.61 Å². The quantitative estimate of drug-likeness (QED) is 0.303. The lowest BCUT2D eigenvalue weighted by molar-refractivity contribution is -0.0498. The normalized spacial score (nSPS) is 18.2. The molecule has 0 heterocycles. The lowest BCUT2D eigenvalue weighted by Gasteiger charge is -2.35. The number of alkyl halides is 2. The molecule has 3 aromatic rings. The molecule has 0 radical (unpaired) electrons. The molecule has 4 rings (SSSR count). The topological polar surface area (TPSA) is 9.23 Å². The largest absolute Gasteiger partial charge is 0.435 e. The molecule has 1 nitrogen and oxygen atoms in total. The van der Waals surface area contributed by atoms with Crippen LogP contribution in [0.15, 0.2) is 54.6 Å². The number of rotatable bonds is 9. The number of hydrogen-bond donors (Lipinski definition) is 0. The highest BCUT2D eigenvalue weighted by molar-refractivity contribution is 5.87. The zero-order chi connectivity index (χ0) is 22.5. The zero-order valence-corrected chi connectivity index (χ0v) is 18.6. The number of halogens is 3. The van der Waals surface area contributed by atoms with Crippen LogP contribution in [0, 0.1) is 11.7 Å². The molecular formula is C28H31F3O. The Labute approximate surface area is 188 Å². The van der Waals surface area contributed by atoms with E-state index in [1.165, 1.54) is 49.3 Å². The van der Waals surface area contributed by atoms with Gasteiger partial charge in [0, 0.05) is 5.92 Å². The summed E-state index contributed by atoms with van der Waals surface area (Å²) >= 11 is 0. The van der Waals surface area contributed by atoms with Gasteiger partial charge in [-0.1, -0.05) is 69.4 Å².